The number of nitrogens with zero attached hydrogens (tertiary/aromatic N) is 2. The molecule has 0 bridgehead atoms. The number of hydrogen-bond donors (Lipinski definition) is 1. The second-order valence-corrected chi connectivity index (χ2v) is 4.96. The zero-order valence-electron chi connectivity index (χ0n) is 10.5. The van der Waals surface area contributed by atoms with Crippen LogP contribution >= 0.6 is 0 Å². The van der Waals surface area contributed by atoms with Gasteiger partial charge in [0, 0.05) is 18.7 Å². The van der Waals surface area contributed by atoms with Crippen molar-refractivity contribution < 1.29 is 0 Å². The van der Waals surface area contributed by atoms with E-state index in [1.54, 1.807) is 0 Å². The normalized spacial score (nSPS) is 16.9. The van der Waals surface area contributed by atoms with E-state index in [2.05, 4.69) is 51.4 Å². The van der Waals surface area contributed by atoms with Crippen LogP contribution in [0.15, 0.2) is 42.9 Å². The van der Waals surface area contributed by atoms with Crippen molar-refractivity contribution in [3.63, 3.8) is 0 Å². The van der Waals surface area contributed by atoms with Gasteiger partial charge in [-0.1, -0.05) is 30.3 Å². The van der Waals surface area contributed by atoms with E-state index in [0.717, 1.165) is 19.5 Å². The SMILES string of the molecule is c1ccc(Cc2cn(C3CCNCC3)cn2)cc1. The molecule has 1 saturated heterocycles. The van der Waals surface area contributed by atoms with E-state index in [1.165, 1.54) is 24.1 Å². The van der Waals surface area contributed by atoms with Gasteiger partial charge in [-0.15, -0.1) is 0 Å². The first-order valence-corrected chi connectivity index (χ1v) is 6.69. The summed E-state index contributed by atoms with van der Waals surface area (Å²) in [4.78, 5) is 4.53. The largest absolute Gasteiger partial charge is 0.334 e. The molecule has 1 fully saturated rings. The average molecular weight is 241 g/mol. The van der Waals surface area contributed by atoms with Crippen molar-refractivity contribution in [3.8, 4) is 0 Å². The van der Waals surface area contributed by atoms with E-state index in [-0.39, 0.29) is 0 Å². The number of hydrogen-bond acceptors (Lipinski definition) is 2. The Kier molecular flexibility index (Phi) is 3.42. The quantitative estimate of drug-likeness (QED) is 0.894. The van der Waals surface area contributed by atoms with Crippen LogP contribution in [0.25, 0.3) is 0 Å². The third-order valence-corrected chi connectivity index (χ3v) is 3.61. The lowest BCUT2D eigenvalue weighted by Crippen LogP contribution is -2.28. The van der Waals surface area contributed by atoms with Crippen LogP contribution in [0.1, 0.15) is 30.1 Å². The molecule has 0 aliphatic carbocycles. The third kappa shape index (κ3) is 2.62. The van der Waals surface area contributed by atoms with Crippen molar-refractivity contribution in [3.05, 3.63) is 54.1 Å². The van der Waals surface area contributed by atoms with Crippen molar-refractivity contribution in [2.75, 3.05) is 13.1 Å². The van der Waals surface area contributed by atoms with Gasteiger partial charge in [-0.3, -0.25) is 0 Å². The molecule has 1 aliphatic rings. The molecule has 0 atom stereocenters. The Hall–Kier alpha value is -1.61. The van der Waals surface area contributed by atoms with E-state index >= 15 is 0 Å². The summed E-state index contributed by atoms with van der Waals surface area (Å²) < 4.78 is 2.29. The zero-order valence-corrected chi connectivity index (χ0v) is 10.5. The van der Waals surface area contributed by atoms with Crippen LogP contribution in [0.3, 0.4) is 0 Å². The molecule has 1 aromatic heterocycles. The lowest BCUT2D eigenvalue weighted by molar-refractivity contribution is 0.368. The van der Waals surface area contributed by atoms with Gasteiger partial charge in [0.25, 0.3) is 0 Å². The highest BCUT2D eigenvalue weighted by Gasteiger charge is 2.14. The topological polar surface area (TPSA) is 29.9 Å². The summed E-state index contributed by atoms with van der Waals surface area (Å²) in [5, 5.41) is 3.40. The van der Waals surface area contributed by atoms with E-state index in [0.29, 0.717) is 6.04 Å². The first-order chi connectivity index (χ1) is 8.92. The van der Waals surface area contributed by atoms with E-state index in [4.69, 9.17) is 0 Å². The second-order valence-electron chi connectivity index (χ2n) is 4.96. The Morgan fingerprint density at radius 2 is 1.94 bits per heavy atom. The molecule has 0 unspecified atom stereocenters. The van der Waals surface area contributed by atoms with Crippen LogP contribution in [0.5, 0.6) is 0 Å². The van der Waals surface area contributed by atoms with Gasteiger partial charge < -0.3 is 9.88 Å². The molecule has 3 rings (SSSR count). The van der Waals surface area contributed by atoms with Gasteiger partial charge in [-0.2, -0.15) is 0 Å². The summed E-state index contributed by atoms with van der Waals surface area (Å²) in [5.74, 6) is 0. The van der Waals surface area contributed by atoms with E-state index in [1.807, 2.05) is 6.33 Å². The maximum atomic E-state index is 4.53. The molecule has 2 heterocycles. The maximum absolute atomic E-state index is 4.53. The van der Waals surface area contributed by atoms with Crippen LogP contribution in [-0.2, 0) is 6.42 Å². The summed E-state index contributed by atoms with van der Waals surface area (Å²) in [6.07, 6.45) is 7.55. The van der Waals surface area contributed by atoms with Crippen LogP contribution in [0, 0.1) is 0 Å². The molecular formula is C15H19N3. The van der Waals surface area contributed by atoms with Crippen LogP contribution in [-0.4, -0.2) is 22.6 Å². The smallest absolute Gasteiger partial charge is 0.0952 e. The zero-order chi connectivity index (χ0) is 12.2. The Bertz CT molecular complexity index is 483. The van der Waals surface area contributed by atoms with Gasteiger partial charge in [0.1, 0.15) is 0 Å². The Labute approximate surface area is 108 Å². The molecule has 2 aromatic rings. The minimum absolute atomic E-state index is 0.628. The minimum Gasteiger partial charge on any atom is -0.334 e. The van der Waals surface area contributed by atoms with Crippen LogP contribution in [0.2, 0.25) is 0 Å². The van der Waals surface area contributed by atoms with Crippen molar-refractivity contribution in [2.24, 2.45) is 0 Å². The summed E-state index contributed by atoms with van der Waals surface area (Å²) >= 11 is 0. The number of nitrogens with one attached hydrogen (secondary N) is 1. The van der Waals surface area contributed by atoms with E-state index < -0.39 is 0 Å². The Morgan fingerprint density at radius 1 is 1.17 bits per heavy atom. The fourth-order valence-corrected chi connectivity index (χ4v) is 2.58. The van der Waals surface area contributed by atoms with Crippen LogP contribution < -0.4 is 5.32 Å². The van der Waals surface area contributed by atoms with Gasteiger partial charge in [-0.05, 0) is 31.5 Å². The summed E-state index contributed by atoms with van der Waals surface area (Å²) in [5.41, 5.74) is 2.49. The molecule has 0 radical (unpaired) electrons. The highest BCUT2D eigenvalue weighted by molar-refractivity contribution is 5.20. The summed E-state index contributed by atoms with van der Waals surface area (Å²) in [6.45, 7) is 2.24. The molecule has 18 heavy (non-hydrogen) atoms. The molecular weight excluding hydrogens is 222 g/mol. The molecule has 1 N–H and O–H groups in total. The lowest BCUT2D eigenvalue weighted by atomic mass is 10.1. The number of imidazole rings is 1. The minimum atomic E-state index is 0.628. The number of aromatic nitrogens is 2. The van der Waals surface area contributed by atoms with Gasteiger partial charge in [0.05, 0.1) is 12.0 Å². The van der Waals surface area contributed by atoms with Crippen LogP contribution in [0.4, 0.5) is 0 Å². The molecule has 3 heteroatoms. The van der Waals surface area contributed by atoms with Crippen molar-refractivity contribution >= 4 is 0 Å². The van der Waals surface area contributed by atoms with Gasteiger partial charge in [-0.25, -0.2) is 4.98 Å². The number of rotatable bonds is 3. The summed E-state index contributed by atoms with van der Waals surface area (Å²) in [6, 6.07) is 11.2. The molecule has 1 aliphatic heterocycles. The van der Waals surface area contributed by atoms with Crippen molar-refractivity contribution in [1.82, 2.24) is 14.9 Å². The predicted octanol–water partition coefficient (Wildman–Crippen LogP) is 2.40. The lowest BCUT2D eigenvalue weighted by Gasteiger charge is -2.23. The molecule has 1 aromatic carbocycles. The standard InChI is InChI=1S/C15H19N3/c1-2-4-13(5-3-1)10-14-11-18(12-17-14)15-6-8-16-9-7-15/h1-5,11-12,15-16H,6-10H2. The van der Waals surface area contributed by atoms with Gasteiger partial charge in [0.15, 0.2) is 0 Å². The monoisotopic (exact) mass is 241 g/mol. The Morgan fingerprint density at radius 3 is 2.72 bits per heavy atom. The Balaban J connectivity index is 1.69. The van der Waals surface area contributed by atoms with Crippen molar-refractivity contribution in [1.29, 1.82) is 0 Å². The fraction of sp³-hybridized carbons (Fsp3) is 0.400. The van der Waals surface area contributed by atoms with Gasteiger partial charge in [0.2, 0.25) is 0 Å². The highest BCUT2D eigenvalue weighted by Crippen LogP contribution is 2.19. The summed E-state index contributed by atoms with van der Waals surface area (Å²) in [7, 11) is 0. The van der Waals surface area contributed by atoms with Crippen molar-refractivity contribution in [2.45, 2.75) is 25.3 Å². The highest BCUT2D eigenvalue weighted by atomic mass is 15.1. The van der Waals surface area contributed by atoms with E-state index in [9.17, 15) is 0 Å². The fourth-order valence-electron chi connectivity index (χ4n) is 2.58. The number of benzene rings is 1. The maximum Gasteiger partial charge on any atom is 0.0952 e. The third-order valence-electron chi connectivity index (χ3n) is 3.61. The molecule has 94 valence electrons. The second kappa shape index (κ2) is 5.36. The average Bonchev–Trinajstić information content (AvgIpc) is 2.89. The molecule has 0 spiro atoms. The molecule has 0 saturated carbocycles. The first-order valence-electron chi connectivity index (χ1n) is 6.69. The molecule has 0 amide bonds. The molecule has 3 nitrogen and oxygen atoms in total. The predicted molar refractivity (Wildman–Crippen MR) is 72.6 cm³/mol. The first kappa shape index (κ1) is 11.5. The van der Waals surface area contributed by atoms with Gasteiger partial charge >= 0.3 is 0 Å². The number of piperidine rings is 1.